The van der Waals surface area contributed by atoms with Crippen LogP contribution in [0.2, 0.25) is 0 Å². The maximum Gasteiger partial charge on any atom is 0 e. The van der Waals surface area contributed by atoms with Crippen LogP contribution >= 0.6 is 0 Å². The minimum Gasteiger partial charge on any atom is 0 e. The normalized spacial score (nSPS) is 0. The Labute approximate surface area is 101 Å². The summed E-state index contributed by atoms with van der Waals surface area (Å²) in [4.78, 5) is 0. The smallest absolute Gasteiger partial charge is 0 e. The molecule has 0 fully saturated rings. The Hall–Kier alpha value is 3.32. The molecule has 0 nitrogen and oxygen atoms in total. The van der Waals surface area contributed by atoms with Crippen LogP contribution in [0.5, 0.6) is 0 Å². The molecule has 0 unspecified atom stereocenters. The summed E-state index contributed by atoms with van der Waals surface area (Å²) in [6.45, 7) is 0. The minimum atomic E-state index is 0. The van der Waals surface area contributed by atoms with E-state index in [9.17, 15) is 0 Å². The molecular weight excluding hydrogens is 423 g/mol. The third kappa shape index (κ3) is 18.8. The first-order valence-electron chi connectivity index (χ1n) is 0. The molecule has 0 heterocycles. The molecule has 0 saturated carbocycles. The Morgan fingerprint density at radius 1 is 1.00 bits per heavy atom. The topological polar surface area (TPSA) is 0 Å². The minimum absolute atomic E-state index is 0. The zero-order valence-electron chi connectivity index (χ0n) is 2.06. The fourth-order valence-electron chi connectivity index (χ4n) is 0. The maximum atomic E-state index is 0. The van der Waals surface area contributed by atoms with Crippen molar-refractivity contribution in [3.05, 3.63) is 0 Å². The third-order valence-electron chi connectivity index (χ3n) is 0. The summed E-state index contributed by atoms with van der Waals surface area (Å²) in [6, 6.07) is 0. The van der Waals surface area contributed by atoms with E-state index in [2.05, 4.69) is 0 Å². The summed E-state index contributed by atoms with van der Waals surface area (Å²) in [5.41, 5.74) is 0. The SMILES string of the molecule is [Fe].[Mo].[Nb].[Te].[V]. The first-order valence-corrected chi connectivity index (χ1v) is 0. The molecule has 4 radical (unpaired) electrons. The fourth-order valence-corrected chi connectivity index (χ4v) is 0. The van der Waals surface area contributed by atoms with E-state index < -0.39 is 0 Å². The standard InChI is InChI=1S/Fe.Mo.Nb.Te.V. The number of hydrogen-bond donors (Lipinski definition) is 0. The van der Waals surface area contributed by atoms with Crippen molar-refractivity contribution < 1.29 is 79.1 Å². The first-order chi connectivity index (χ1) is 0. The molecular formula is FeMoNbTeV. The van der Waals surface area contributed by atoms with Crippen LogP contribution in [0.4, 0.5) is 0 Å². The van der Waals surface area contributed by atoms with Gasteiger partial charge in [0.2, 0.25) is 0 Å². The van der Waals surface area contributed by atoms with E-state index in [-0.39, 0.29) is 103 Å². The first kappa shape index (κ1) is 40.4. The van der Waals surface area contributed by atoms with Gasteiger partial charge in [0.15, 0.2) is 0 Å². The predicted octanol–water partition coefficient (Wildman–Crippen LogP) is -0.391. The van der Waals surface area contributed by atoms with Gasteiger partial charge in [-0.1, -0.05) is 0 Å². The molecule has 0 bridgehead atoms. The van der Waals surface area contributed by atoms with Crippen LogP contribution in [-0.2, 0) is 79.1 Å². The van der Waals surface area contributed by atoms with Crippen LogP contribution in [0.1, 0.15) is 0 Å². The van der Waals surface area contributed by atoms with Crippen LogP contribution in [-0.4, -0.2) is 23.7 Å². The van der Waals surface area contributed by atoms with Crippen LogP contribution in [0.15, 0.2) is 0 Å². The second-order valence-corrected chi connectivity index (χ2v) is 0. The molecule has 0 saturated heterocycles. The Morgan fingerprint density at radius 3 is 1.00 bits per heavy atom. The zero-order chi connectivity index (χ0) is 0. The molecule has 0 aliphatic rings. The van der Waals surface area contributed by atoms with Gasteiger partial charge in [-0.05, 0) is 0 Å². The van der Waals surface area contributed by atoms with E-state index in [0.717, 1.165) is 0 Å². The molecule has 0 atom stereocenters. The molecule has 0 spiro atoms. The van der Waals surface area contributed by atoms with Crippen LogP contribution in [0.25, 0.3) is 0 Å². The van der Waals surface area contributed by atoms with Crippen molar-refractivity contribution in [3.8, 4) is 0 Å². The molecule has 5 heteroatoms. The zero-order valence-corrected chi connectivity index (χ0v) is 11.1. The van der Waals surface area contributed by atoms with Crippen LogP contribution < -0.4 is 0 Å². The second kappa shape index (κ2) is 26.5. The van der Waals surface area contributed by atoms with E-state index in [1.807, 2.05) is 0 Å². The van der Waals surface area contributed by atoms with Crippen LogP contribution in [0.3, 0.4) is 0 Å². The fraction of sp³-hybridized carbons (Fsp3) is 0. The average Bonchev–Trinajstić information content (AvgIpc) is 0. The quantitative estimate of drug-likeness (QED) is 0.466. The van der Waals surface area contributed by atoms with Gasteiger partial charge in [0.1, 0.15) is 0 Å². The van der Waals surface area contributed by atoms with E-state index >= 15 is 0 Å². The predicted molar refractivity (Wildman–Crippen MR) is 5.75 cm³/mol. The largest absolute Gasteiger partial charge is 0 e. The van der Waals surface area contributed by atoms with Gasteiger partial charge in [0, 0.05) is 103 Å². The summed E-state index contributed by atoms with van der Waals surface area (Å²) in [6.07, 6.45) is 0. The van der Waals surface area contributed by atoms with Crippen molar-refractivity contribution in [3.63, 3.8) is 0 Å². The average molecular weight is 423 g/mol. The van der Waals surface area contributed by atoms with Gasteiger partial charge in [0.05, 0.1) is 0 Å². The molecule has 0 aliphatic carbocycles. The maximum absolute atomic E-state index is 0. The molecule has 0 rings (SSSR count). The molecule has 5 heavy (non-hydrogen) atoms. The molecule has 30 valence electrons. The van der Waals surface area contributed by atoms with Crippen molar-refractivity contribution in [1.29, 1.82) is 0 Å². The van der Waals surface area contributed by atoms with E-state index in [1.165, 1.54) is 0 Å². The molecule has 0 aromatic heterocycles. The van der Waals surface area contributed by atoms with Gasteiger partial charge in [0.25, 0.3) is 0 Å². The summed E-state index contributed by atoms with van der Waals surface area (Å²) >= 11 is 0. The van der Waals surface area contributed by atoms with Crippen molar-refractivity contribution in [2.75, 3.05) is 0 Å². The summed E-state index contributed by atoms with van der Waals surface area (Å²) in [7, 11) is 0. The van der Waals surface area contributed by atoms with Crippen molar-refractivity contribution >= 4 is 23.7 Å². The van der Waals surface area contributed by atoms with Crippen LogP contribution in [0, 0.1) is 0 Å². The van der Waals surface area contributed by atoms with Gasteiger partial charge < -0.3 is 0 Å². The number of rotatable bonds is 0. The second-order valence-electron chi connectivity index (χ2n) is 0. The van der Waals surface area contributed by atoms with Crippen molar-refractivity contribution in [2.45, 2.75) is 0 Å². The van der Waals surface area contributed by atoms with Gasteiger partial charge >= 0.3 is 0 Å². The van der Waals surface area contributed by atoms with E-state index in [0.29, 0.717) is 0 Å². The molecule has 0 N–H and O–H groups in total. The molecule has 0 aliphatic heterocycles. The molecule has 0 amide bonds. The van der Waals surface area contributed by atoms with Gasteiger partial charge in [-0.25, -0.2) is 0 Å². The Balaban J connectivity index is 0. The van der Waals surface area contributed by atoms with E-state index in [4.69, 9.17) is 0 Å². The van der Waals surface area contributed by atoms with Gasteiger partial charge in [-0.2, -0.15) is 0 Å². The summed E-state index contributed by atoms with van der Waals surface area (Å²) < 4.78 is 0. The molecule has 0 aromatic rings. The Kier molecular flexibility index (Phi) is 214. The van der Waals surface area contributed by atoms with Crippen molar-refractivity contribution in [2.24, 2.45) is 0 Å². The Bertz CT molecular complexity index is 11.6. The summed E-state index contributed by atoms with van der Waals surface area (Å²) in [5, 5.41) is 0. The van der Waals surface area contributed by atoms with Gasteiger partial charge in [-0.15, -0.1) is 0 Å². The van der Waals surface area contributed by atoms with Crippen molar-refractivity contribution in [1.82, 2.24) is 0 Å². The van der Waals surface area contributed by atoms with Gasteiger partial charge in [-0.3, -0.25) is 0 Å². The monoisotopic (exact) mass is 428 g/mol. The summed E-state index contributed by atoms with van der Waals surface area (Å²) in [5.74, 6) is 0. The molecule has 0 aromatic carbocycles. The number of hydrogen-bond acceptors (Lipinski definition) is 0. The third-order valence-corrected chi connectivity index (χ3v) is 0. The van der Waals surface area contributed by atoms with E-state index in [1.54, 1.807) is 0 Å². The Morgan fingerprint density at radius 2 is 1.00 bits per heavy atom.